The summed E-state index contributed by atoms with van der Waals surface area (Å²) in [4.78, 5) is 32.3. The molecule has 3 aromatic rings. The number of hydrogen-bond acceptors (Lipinski definition) is 5. The Labute approximate surface area is 187 Å². The van der Waals surface area contributed by atoms with E-state index in [2.05, 4.69) is 10.3 Å². The average Bonchev–Trinajstić information content (AvgIpc) is 3.02. The van der Waals surface area contributed by atoms with Crippen molar-refractivity contribution in [2.45, 2.75) is 27.3 Å². The summed E-state index contributed by atoms with van der Waals surface area (Å²) >= 11 is 0. The maximum Gasteiger partial charge on any atom is 0.278 e. The number of anilines is 1. The zero-order chi connectivity index (χ0) is 22.7. The number of rotatable bonds is 7. The van der Waals surface area contributed by atoms with Crippen molar-refractivity contribution in [1.82, 2.24) is 9.88 Å². The van der Waals surface area contributed by atoms with E-state index >= 15 is 0 Å². The molecule has 1 aliphatic heterocycles. The van der Waals surface area contributed by atoms with Gasteiger partial charge in [-0.3, -0.25) is 19.5 Å². The maximum atomic E-state index is 13.4. The van der Waals surface area contributed by atoms with Crippen molar-refractivity contribution in [3.05, 3.63) is 94.9 Å². The average molecular weight is 428 g/mol. The van der Waals surface area contributed by atoms with Crippen LogP contribution in [0.4, 0.5) is 5.69 Å². The van der Waals surface area contributed by atoms with E-state index < -0.39 is 0 Å². The Bertz CT molecular complexity index is 1180. The van der Waals surface area contributed by atoms with Crippen LogP contribution in [-0.2, 0) is 16.1 Å². The molecule has 0 spiro atoms. The highest BCUT2D eigenvalue weighted by atomic mass is 16.5. The van der Waals surface area contributed by atoms with Gasteiger partial charge in [0.05, 0.1) is 24.4 Å². The molecule has 162 valence electrons. The summed E-state index contributed by atoms with van der Waals surface area (Å²) in [7, 11) is 0. The van der Waals surface area contributed by atoms with Gasteiger partial charge in [0.2, 0.25) is 0 Å². The molecule has 0 saturated carbocycles. The van der Waals surface area contributed by atoms with Crippen LogP contribution >= 0.6 is 0 Å². The second-order valence-corrected chi connectivity index (χ2v) is 7.65. The van der Waals surface area contributed by atoms with Crippen LogP contribution in [0.5, 0.6) is 5.75 Å². The first-order valence-corrected chi connectivity index (χ1v) is 10.6. The molecule has 6 heteroatoms. The summed E-state index contributed by atoms with van der Waals surface area (Å²) in [5.74, 6) is -0.0125. The van der Waals surface area contributed by atoms with Gasteiger partial charge in [0.15, 0.2) is 0 Å². The topological polar surface area (TPSA) is 71.5 Å². The van der Waals surface area contributed by atoms with E-state index in [1.165, 1.54) is 4.90 Å². The number of pyridine rings is 1. The fourth-order valence-electron chi connectivity index (χ4n) is 3.61. The van der Waals surface area contributed by atoms with Crippen molar-refractivity contribution in [2.75, 3.05) is 11.9 Å². The number of carbonyl (C=O) groups is 2. The molecule has 0 bridgehead atoms. The number of imide groups is 1. The lowest BCUT2D eigenvalue weighted by atomic mass is 10.0. The Morgan fingerprint density at radius 2 is 1.72 bits per heavy atom. The summed E-state index contributed by atoms with van der Waals surface area (Å²) in [5, 5.41) is 3.21. The molecule has 0 fully saturated rings. The summed E-state index contributed by atoms with van der Waals surface area (Å²) in [6, 6.07) is 18.5. The first-order chi connectivity index (χ1) is 15.5. The largest absolute Gasteiger partial charge is 0.494 e. The maximum absolute atomic E-state index is 13.4. The molecule has 6 nitrogen and oxygen atoms in total. The molecule has 4 rings (SSSR count). The molecular formula is C26H25N3O3. The Balaban J connectivity index is 1.73. The molecule has 2 heterocycles. The minimum atomic E-state index is -0.372. The molecule has 1 aromatic heterocycles. The van der Waals surface area contributed by atoms with E-state index in [9.17, 15) is 9.59 Å². The van der Waals surface area contributed by atoms with E-state index in [4.69, 9.17) is 4.74 Å². The first-order valence-electron chi connectivity index (χ1n) is 10.6. The van der Waals surface area contributed by atoms with Gasteiger partial charge in [0.25, 0.3) is 11.8 Å². The van der Waals surface area contributed by atoms with E-state index in [0.29, 0.717) is 29.2 Å². The van der Waals surface area contributed by atoms with Gasteiger partial charge in [-0.1, -0.05) is 24.3 Å². The van der Waals surface area contributed by atoms with Crippen LogP contribution < -0.4 is 10.1 Å². The Morgan fingerprint density at radius 1 is 0.938 bits per heavy atom. The quantitative estimate of drug-likeness (QED) is 0.563. The number of nitrogens with zero attached hydrogens (tertiary/aromatic N) is 2. The van der Waals surface area contributed by atoms with Gasteiger partial charge < -0.3 is 10.1 Å². The predicted octanol–water partition coefficient (Wildman–Crippen LogP) is 4.49. The third-order valence-corrected chi connectivity index (χ3v) is 5.44. The standard InChI is InChI=1S/C26H25N3O3/c1-4-32-22-12-9-19(10-13-22)23-24(28-20-11-8-17(2)18(3)15-20)26(31)29(25(23)30)16-21-7-5-6-14-27-21/h5-15,28H,4,16H2,1-3H3. The van der Waals surface area contributed by atoms with Crippen LogP contribution in [0, 0.1) is 13.8 Å². The number of amides is 2. The van der Waals surface area contributed by atoms with E-state index in [1.807, 2.05) is 45.0 Å². The Kier molecular flexibility index (Phi) is 6.03. The fourth-order valence-corrected chi connectivity index (χ4v) is 3.61. The van der Waals surface area contributed by atoms with Crippen molar-refractivity contribution in [3.8, 4) is 5.75 Å². The van der Waals surface area contributed by atoms with E-state index in [-0.39, 0.29) is 24.1 Å². The molecule has 0 aliphatic carbocycles. The number of ether oxygens (including phenoxy) is 1. The van der Waals surface area contributed by atoms with Crippen molar-refractivity contribution < 1.29 is 14.3 Å². The van der Waals surface area contributed by atoms with E-state index in [1.54, 1.807) is 42.6 Å². The SMILES string of the molecule is CCOc1ccc(C2=C(Nc3ccc(C)c(C)c3)C(=O)N(Cc3ccccn3)C2=O)cc1. The highest BCUT2D eigenvalue weighted by Crippen LogP contribution is 2.32. The van der Waals surface area contributed by atoms with Gasteiger partial charge in [-0.2, -0.15) is 0 Å². The van der Waals surface area contributed by atoms with Gasteiger partial charge in [-0.05, 0) is 73.9 Å². The third-order valence-electron chi connectivity index (χ3n) is 5.44. The van der Waals surface area contributed by atoms with Crippen molar-refractivity contribution in [1.29, 1.82) is 0 Å². The minimum Gasteiger partial charge on any atom is -0.494 e. The fraction of sp³-hybridized carbons (Fsp3) is 0.192. The van der Waals surface area contributed by atoms with Crippen molar-refractivity contribution >= 4 is 23.1 Å². The van der Waals surface area contributed by atoms with Crippen LogP contribution in [0.15, 0.2) is 72.6 Å². The zero-order valence-corrected chi connectivity index (χ0v) is 18.4. The van der Waals surface area contributed by atoms with E-state index in [0.717, 1.165) is 16.8 Å². The number of aryl methyl sites for hydroxylation is 2. The summed E-state index contributed by atoms with van der Waals surface area (Å²) in [6.45, 7) is 6.62. The van der Waals surface area contributed by atoms with Crippen LogP contribution in [-0.4, -0.2) is 28.3 Å². The third kappa shape index (κ3) is 4.25. The Morgan fingerprint density at radius 3 is 2.38 bits per heavy atom. The van der Waals surface area contributed by atoms with Crippen molar-refractivity contribution in [2.24, 2.45) is 0 Å². The van der Waals surface area contributed by atoms with Gasteiger partial charge in [0, 0.05) is 11.9 Å². The van der Waals surface area contributed by atoms with Gasteiger partial charge in [0.1, 0.15) is 11.4 Å². The number of carbonyl (C=O) groups excluding carboxylic acids is 2. The van der Waals surface area contributed by atoms with Crippen LogP contribution in [0.25, 0.3) is 5.57 Å². The molecule has 0 saturated heterocycles. The molecule has 1 aliphatic rings. The Hall–Kier alpha value is -3.93. The number of nitrogens with one attached hydrogen (secondary N) is 1. The molecule has 0 atom stereocenters. The lowest BCUT2D eigenvalue weighted by molar-refractivity contribution is -0.137. The molecular weight excluding hydrogens is 402 g/mol. The smallest absolute Gasteiger partial charge is 0.278 e. The molecule has 2 aromatic carbocycles. The summed E-state index contributed by atoms with van der Waals surface area (Å²) < 4.78 is 5.52. The van der Waals surface area contributed by atoms with Gasteiger partial charge in [-0.15, -0.1) is 0 Å². The highest BCUT2D eigenvalue weighted by molar-refractivity contribution is 6.36. The molecule has 0 unspecified atom stereocenters. The van der Waals surface area contributed by atoms with Crippen LogP contribution in [0.2, 0.25) is 0 Å². The summed E-state index contributed by atoms with van der Waals surface area (Å²) in [6.07, 6.45) is 1.65. The van der Waals surface area contributed by atoms with Crippen LogP contribution in [0.3, 0.4) is 0 Å². The number of benzene rings is 2. The first kappa shape index (κ1) is 21.3. The van der Waals surface area contributed by atoms with Gasteiger partial charge >= 0.3 is 0 Å². The molecule has 32 heavy (non-hydrogen) atoms. The normalized spacial score (nSPS) is 13.7. The monoisotopic (exact) mass is 427 g/mol. The second-order valence-electron chi connectivity index (χ2n) is 7.65. The minimum absolute atomic E-state index is 0.108. The highest BCUT2D eigenvalue weighted by Gasteiger charge is 2.39. The number of hydrogen-bond donors (Lipinski definition) is 1. The molecule has 2 amide bonds. The zero-order valence-electron chi connectivity index (χ0n) is 18.4. The lowest BCUT2D eigenvalue weighted by Crippen LogP contribution is -2.32. The predicted molar refractivity (Wildman–Crippen MR) is 124 cm³/mol. The molecule has 0 radical (unpaired) electrons. The second kappa shape index (κ2) is 9.06. The van der Waals surface area contributed by atoms with Gasteiger partial charge in [-0.25, -0.2) is 0 Å². The lowest BCUT2D eigenvalue weighted by Gasteiger charge is -2.15. The van der Waals surface area contributed by atoms with Crippen LogP contribution in [0.1, 0.15) is 29.3 Å². The number of aromatic nitrogens is 1. The van der Waals surface area contributed by atoms with Crippen molar-refractivity contribution in [3.63, 3.8) is 0 Å². The summed E-state index contributed by atoms with van der Waals surface area (Å²) in [5.41, 5.74) is 4.91. The molecule has 1 N–H and O–H groups in total.